The van der Waals surface area contributed by atoms with Crippen LogP contribution in [0, 0.1) is 22.0 Å². The van der Waals surface area contributed by atoms with E-state index in [0.717, 1.165) is 5.75 Å². The molecule has 3 aliphatic rings. The van der Waals surface area contributed by atoms with E-state index in [4.69, 9.17) is 18.9 Å². The van der Waals surface area contributed by atoms with Crippen molar-refractivity contribution >= 4 is 35.2 Å². The zero-order valence-electron chi connectivity index (χ0n) is 21.0. The van der Waals surface area contributed by atoms with Gasteiger partial charge in [0.05, 0.1) is 29.6 Å². The zero-order valence-corrected chi connectivity index (χ0v) is 21.8. The number of fused-ring (bicyclic) bond motifs is 1. The van der Waals surface area contributed by atoms with Crippen LogP contribution >= 0.6 is 11.8 Å². The van der Waals surface area contributed by atoms with Gasteiger partial charge in [-0.3, -0.25) is 19.7 Å². The van der Waals surface area contributed by atoms with E-state index in [0.29, 0.717) is 23.6 Å². The number of ether oxygens (including phenoxy) is 4. The number of hydrogen-bond donors (Lipinski definition) is 1. The Labute approximate surface area is 217 Å². The number of Topliss-reactive ketones (excluding diaryl/α,β-unsaturated/α-hetero) is 1. The number of benzene rings is 1. The SMILES string of the molecule is CCSCCOC(=O)C1=C(C)NC2=C(C(=O)[C@H](C(=O)OC)[C@@H](C)C2)[C@@H]1c1cc2c(cc1[N+](=O)[O-])OCO2. The fourth-order valence-electron chi connectivity index (χ4n) is 5.01. The average molecular weight is 533 g/mol. The summed E-state index contributed by atoms with van der Waals surface area (Å²) in [6.07, 6.45) is 0.308. The number of methoxy groups -OCH3 is 1. The number of nitro benzene ring substituents is 1. The van der Waals surface area contributed by atoms with Crippen LogP contribution in [0.3, 0.4) is 0 Å². The summed E-state index contributed by atoms with van der Waals surface area (Å²) >= 11 is 1.60. The topological polar surface area (TPSA) is 143 Å². The lowest BCUT2D eigenvalue weighted by Crippen LogP contribution is -2.43. The summed E-state index contributed by atoms with van der Waals surface area (Å²) in [4.78, 5) is 51.4. The monoisotopic (exact) mass is 532 g/mol. The van der Waals surface area contributed by atoms with Gasteiger partial charge in [0.1, 0.15) is 12.5 Å². The summed E-state index contributed by atoms with van der Waals surface area (Å²) in [7, 11) is 1.20. The highest BCUT2D eigenvalue weighted by Crippen LogP contribution is 2.50. The molecule has 198 valence electrons. The van der Waals surface area contributed by atoms with Gasteiger partial charge in [-0.2, -0.15) is 11.8 Å². The van der Waals surface area contributed by atoms with Crippen LogP contribution in [0.2, 0.25) is 0 Å². The predicted molar refractivity (Wildman–Crippen MR) is 133 cm³/mol. The zero-order chi connectivity index (χ0) is 26.9. The molecule has 4 rings (SSSR count). The Morgan fingerprint density at radius 1 is 1.27 bits per heavy atom. The van der Waals surface area contributed by atoms with Crippen molar-refractivity contribution in [3.05, 3.63) is 50.4 Å². The van der Waals surface area contributed by atoms with Crippen molar-refractivity contribution in [3.8, 4) is 11.5 Å². The fraction of sp³-hybridized carbons (Fsp3) is 0.480. The van der Waals surface area contributed by atoms with E-state index < -0.39 is 34.5 Å². The van der Waals surface area contributed by atoms with Crippen LogP contribution < -0.4 is 14.8 Å². The number of allylic oxidation sites excluding steroid dienone is 3. The Morgan fingerprint density at radius 3 is 2.62 bits per heavy atom. The molecule has 11 nitrogen and oxygen atoms in total. The van der Waals surface area contributed by atoms with E-state index in [-0.39, 0.29) is 53.2 Å². The van der Waals surface area contributed by atoms with Crippen molar-refractivity contribution in [1.82, 2.24) is 5.32 Å². The molecular weight excluding hydrogens is 504 g/mol. The largest absolute Gasteiger partial charge is 0.468 e. The molecule has 3 atom stereocenters. The van der Waals surface area contributed by atoms with E-state index in [1.165, 1.54) is 19.2 Å². The molecule has 0 amide bonds. The lowest BCUT2D eigenvalue weighted by molar-refractivity contribution is -0.385. The first-order valence-electron chi connectivity index (χ1n) is 11.8. The fourth-order valence-corrected chi connectivity index (χ4v) is 5.50. The summed E-state index contributed by atoms with van der Waals surface area (Å²) in [5.74, 6) is -2.74. The number of ketones is 1. The minimum atomic E-state index is -1.16. The number of carbonyl (C=O) groups is 3. The second-order valence-electron chi connectivity index (χ2n) is 8.89. The number of carbonyl (C=O) groups excluding carboxylic acids is 3. The standard InChI is InChI=1S/C25H28N2O9S/c1-5-37-7-6-34-25(30)20-13(3)26-15-8-12(2)19(24(29)33-4)23(28)22(15)21(20)14-9-17-18(36-11-35-17)10-16(14)27(31)32/h9-10,12,19,21,26H,5-8,11H2,1-4H3/t12-,19+,21+/m0/s1. The molecule has 1 aromatic carbocycles. The first-order valence-corrected chi connectivity index (χ1v) is 13.0. The van der Waals surface area contributed by atoms with E-state index in [9.17, 15) is 24.5 Å². The van der Waals surface area contributed by atoms with Crippen LogP contribution in [-0.2, 0) is 23.9 Å². The Balaban J connectivity index is 1.89. The third-order valence-corrected chi connectivity index (χ3v) is 7.52. The summed E-state index contributed by atoms with van der Waals surface area (Å²) in [6, 6.07) is 2.65. The molecule has 0 unspecified atom stereocenters. The highest BCUT2D eigenvalue weighted by atomic mass is 32.2. The van der Waals surface area contributed by atoms with E-state index in [1.807, 2.05) is 6.92 Å². The van der Waals surface area contributed by atoms with Crippen molar-refractivity contribution < 1.29 is 38.3 Å². The minimum absolute atomic E-state index is 0.0636. The quantitative estimate of drug-likeness (QED) is 0.173. The highest BCUT2D eigenvalue weighted by molar-refractivity contribution is 7.99. The van der Waals surface area contributed by atoms with E-state index in [2.05, 4.69) is 5.32 Å². The van der Waals surface area contributed by atoms with Crippen LogP contribution in [0.25, 0.3) is 0 Å². The van der Waals surface area contributed by atoms with Gasteiger partial charge in [0.15, 0.2) is 17.3 Å². The molecule has 0 saturated heterocycles. The Morgan fingerprint density at radius 2 is 1.97 bits per heavy atom. The maximum Gasteiger partial charge on any atom is 0.336 e. The molecule has 37 heavy (non-hydrogen) atoms. The second kappa shape index (κ2) is 10.8. The van der Waals surface area contributed by atoms with Gasteiger partial charge >= 0.3 is 11.9 Å². The molecule has 0 spiro atoms. The van der Waals surface area contributed by atoms with Crippen molar-refractivity contribution in [3.63, 3.8) is 0 Å². The number of esters is 2. The third kappa shape index (κ3) is 4.89. The Bertz CT molecular complexity index is 1220. The van der Waals surface area contributed by atoms with Crippen LogP contribution in [-0.4, -0.2) is 54.7 Å². The van der Waals surface area contributed by atoms with Crippen molar-refractivity contribution in [2.45, 2.75) is 33.1 Å². The van der Waals surface area contributed by atoms with E-state index >= 15 is 0 Å². The van der Waals surface area contributed by atoms with Crippen LogP contribution in [0.4, 0.5) is 5.69 Å². The summed E-state index contributed by atoms with van der Waals surface area (Å²) < 4.78 is 21.2. The number of thioether (sulfide) groups is 1. The molecule has 0 saturated carbocycles. The molecule has 0 fully saturated rings. The maximum absolute atomic E-state index is 13.8. The molecule has 2 heterocycles. The summed E-state index contributed by atoms with van der Waals surface area (Å²) in [5.41, 5.74) is 0.822. The number of hydrogen-bond acceptors (Lipinski definition) is 11. The van der Waals surface area contributed by atoms with Gasteiger partial charge in [-0.15, -0.1) is 0 Å². The Kier molecular flexibility index (Phi) is 7.76. The lowest BCUT2D eigenvalue weighted by atomic mass is 9.69. The van der Waals surface area contributed by atoms with Crippen molar-refractivity contribution in [2.24, 2.45) is 11.8 Å². The second-order valence-corrected chi connectivity index (χ2v) is 10.3. The highest BCUT2D eigenvalue weighted by Gasteiger charge is 2.49. The molecule has 1 aliphatic carbocycles. The van der Waals surface area contributed by atoms with Gasteiger partial charge in [0, 0.05) is 28.3 Å². The smallest absolute Gasteiger partial charge is 0.336 e. The maximum atomic E-state index is 13.8. The lowest BCUT2D eigenvalue weighted by Gasteiger charge is -2.38. The Hall–Kier alpha value is -3.54. The molecule has 1 aromatic rings. The molecular formula is C25H28N2O9S. The predicted octanol–water partition coefficient (Wildman–Crippen LogP) is 3.23. The number of nitro groups is 1. The van der Waals surface area contributed by atoms with Crippen LogP contribution in [0.15, 0.2) is 34.7 Å². The normalized spacial score (nSPS) is 22.4. The van der Waals surface area contributed by atoms with Gasteiger partial charge in [-0.1, -0.05) is 13.8 Å². The van der Waals surface area contributed by atoms with Gasteiger partial charge < -0.3 is 24.3 Å². The van der Waals surface area contributed by atoms with E-state index in [1.54, 1.807) is 25.6 Å². The van der Waals surface area contributed by atoms with Crippen LogP contribution in [0.5, 0.6) is 11.5 Å². The van der Waals surface area contributed by atoms with Gasteiger partial charge in [0.25, 0.3) is 5.69 Å². The number of rotatable bonds is 8. The van der Waals surface area contributed by atoms with Gasteiger partial charge in [0.2, 0.25) is 6.79 Å². The van der Waals surface area contributed by atoms with Crippen LogP contribution in [0.1, 0.15) is 38.7 Å². The molecule has 1 N–H and O–H groups in total. The number of nitrogens with one attached hydrogen (secondary N) is 1. The molecule has 0 aromatic heterocycles. The molecule has 0 bridgehead atoms. The first kappa shape index (κ1) is 26.5. The minimum Gasteiger partial charge on any atom is -0.468 e. The molecule has 0 radical (unpaired) electrons. The van der Waals surface area contributed by atoms with Gasteiger partial charge in [-0.25, -0.2) is 4.79 Å². The molecule has 12 heteroatoms. The first-order chi connectivity index (χ1) is 17.7. The third-order valence-electron chi connectivity index (χ3n) is 6.66. The number of dihydropyridines is 1. The van der Waals surface area contributed by atoms with Crippen molar-refractivity contribution in [1.29, 1.82) is 0 Å². The summed E-state index contributed by atoms with van der Waals surface area (Å²) in [6.45, 7) is 5.42. The average Bonchev–Trinajstić information content (AvgIpc) is 3.32. The molecule has 2 aliphatic heterocycles. The number of nitrogens with zero attached hydrogens (tertiary/aromatic N) is 1. The van der Waals surface area contributed by atoms with Gasteiger partial charge in [-0.05, 0) is 31.1 Å². The van der Waals surface area contributed by atoms with Crippen molar-refractivity contribution in [2.75, 3.05) is 32.0 Å². The summed E-state index contributed by atoms with van der Waals surface area (Å²) in [5, 5.41) is 15.3.